The minimum absolute atomic E-state index is 0.676. The lowest BCUT2D eigenvalue weighted by molar-refractivity contribution is 0.415. The van der Waals surface area contributed by atoms with Gasteiger partial charge in [-0.05, 0) is 24.5 Å². The van der Waals surface area contributed by atoms with Crippen LogP contribution in [-0.4, -0.2) is 18.3 Å². The first-order valence-corrected chi connectivity index (χ1v) is 6.32. The summed E-state index contributed by atoms with van der Waals surface area (Å²) in [6.07, 6.45) is 1.95. The molecule has 0 saturated carbocycles. The second kappa shape index (κ2) is 4.98. The van der Waals surface area contributed by atoms with Crippen LogP contribution >= 0.6 is 11.8 Å². The van der Waals surface area contributed by atoms with E-state index in [4.69, 9.17) is 10.00 Å². The molecule has 3 nitrogen and oxygen atoms in total. The van der Waals surface area contributed by atoms with Crippen LogP contribution in [0.25, 0.3) is 11.3 Å². The number of benzene rings is 1. The van der Waals surface area contributed by atoms with E-state index in [-0.39, 0.29) is 0 Å². The first-order chi connectivity index (χ1) is 8.28. The highest BCUT2D eigenvalue weighted by atomic mass is 32.2. The third-order valence-corrected chi connectivity index (χ3v) is 3.22. The van der Waals surface area contributed by atoms with Crippen molar-refractivity contribution in [2.75, 3.05) is 13.4 Å². The van der Waals surface area contributed by atoms with E-state index < -0.39 is 0 Å². The lowest BCUT2D eigenvalue weighted by atomic mass is 10.1. The van der Waals surface area contributed by atoms with E-state index in [2.05, 4.69) is 11.1 Å². The molecule has 0 fully saturated rings. The van der Waals surface area contributed by atoms with Crippen LogP contribution in [0, 0.1) is 11.3 Å². The number of thioether (sulfide) groups is 1. The highest BCUT2D eigenvalue weighted by Gasteiger charge is 2.08. The molecule has 86 valence electrons. The first-order valence-electron chi connectivity index (χ1n) is 5.10. The molecule has 2 aromatic rings. The standard InChI is InChI=1S/C13H12N2OS/c1-16-11-5-3-4-9(6-11)12-7-10(8-14)13(15-12)17-2/h3-7,15H,1-2H3. The van der Waals surface area contributed by atoms with Crippen molar-refractivity contribution in [1.29, 1.82) is 5.26 Å². The maximum absolute atomic E-state index is 9.00. The molecule has 0 radical (unpaired) electrons. The first kappa shape index (κ1) is 11.6. The molecule has 0 aliphatic heterocycles. The number of aromatic amines is 1. The molecule has 0 saturated heterocycles. The number of rotatable bonds is 3. The Balaban J connectivity index is 2.46. The van der Waals surface area contributed by atoms with Gasteiger partial charge in [-0.2, -0.15) is 5.26 Å². The summed E-state index contributed by atoms with van der Waals surface area (Å²) in [7, 11) is 1.64. The zero-order chi connectivity index (χ0) is 12.3. The van der Waals surface area contributed by atoms with E-state index >= 15 is 0 Å². The maximum atomic E-state index is 9.00. The number of nitrogens with one attached hydrogen (secondary N) is 1. The Labute approximate surface area is 104 Å². The fourth-order valence-corrected chi connectivity index (χ4v) is 2.16. The van der Waals surface area contributed by atoms with Crippen molar-refractivity contribution >= 4 is 11.8 Å². The van der Waals surface area contributed by atoms with Gasteiger partial charge in [0.2, 0.25) is 0 Å². The van der Waals surface area contributed by atoms with Crippen molar-refractivity contribution in [3.05, 3.63) is 35.9 Å². The predicted molar refractivity (Wildman–Crippen MR) is 69.3 cm³/mol. The molecule has 2 rings (SSSR count). The zero-order valence-corrected chi connectivity index (χ0v) is 10.5. The number of hydrogen-bond acceptors (Lipinski definition) is 3. The molecule has 0 amide bonds. The van der Waals surface area contributed by atoms with Gasteiger partial charge < -0.3 is 9.72 Å². The van der Waals surface area contributed by atoms with Crippen LogP contribution in [0.1, 0.15) is 5.56 Å². The third-order valence-electron chi connectivity index (χ3n) is 2.49. The normalized spacial score (nSPS) is 9.94. The lowest BCUT2D eigenvalue weighted by Crippen LogP contribution is -1.83. The molecule has 4 heteroatoms. The van der Waals surface area contributed by atoms with Crippen LogP contribution in [-0.2, 0) is 0 Å². The second-order valence-corrected chi connectivity index (χ2v) is 4.29. The summed E-state index contributed by atoms with van der Waals surface area (Å²) in [5, 5.41) is 9.90. The van der Waals surface area contributed by atoms with Crippen molar-refractivity contribution < 1.29 is 4.74 Å². The summed E-state index contributed by atoms with van der Waals surface area (Å²) in [6, 6.07) is 11.8. The fourth-order valence-electron chi connectivity index (χ4n) is 1.63. The van der Waals surface area contributed by atoms with E-state index in [1.165, 1.54) is 11.8 Å². The minimum Gasteiger partial charge on any atom is -0.497 e. The average Bonchev–Trinajstić information content (AvgIpc) is 2.82. The molecular weight excluding hydrogens is 232 g/mol. The van der Waals surface area contributed by atoms with Crippen LogP contribution in [0.3, 0.4) is 0 Å². The molecule has 17 heavy (non-hydrogen) atoms. The van der Waals surface area contributed by atoms with Crippen LogP contribution in [0.15, 0.2) is 35.4 Å². The third kappa shape index (κ3) is 2.29. The summed E-state index contributed by atoms with van der Waals surface area (Å²) in [5.41, 5.74) is 2.63. The lowest BCUT2D eigenvalue weighted by Gasteiger charge is -2.02. The van der Waals surface area contributed by atoms with Crippen LogP contribution in [0.4, 0.5) is 0 Å². The maximum Gasteiger partial charge on any atom is 0.119 e. The summed E-state index contributed by atoms with van der Waals surface area (Å²) in [6.45, 7) is 0. The van der Waals surface area contributed by atoms with Gasteiger partial charge in [0.25, 0.3) is 0 Å². The van der Waals surface area contributed by atoms with Gasteiger partial charge in [0.1, 0.15) is 11.8 Å². The SMILES string of the molecule is COc1cccc(-c2cc(C#N)c(SC)[nH]2)c1. The van der Waals surface area contributed by atoms with Gasteiger partial charge in [0.05, 0.1) is 17.7 Å². The quantitative estimate of drug-likeness (QED) is 0.843. The van der Waals surface area contributed by atoms with E-state index in [1.807, 2.05) is 36.6 Å². The summed E-state index contributed by atoms with van der Waals surface area (Å²) in [5.74, 6) is 0.807. The smallest absolute Gasteiger partial charge is 0.119 e. The van der Waals surface area contributed by atoms with E-state index in [1.54, 1.807) is 7.11 Å². The Kier molecular flexibility index (Phi) is 3.40. The van der Waals surface area contributed by atoms with Gasteiger partial charge in [0, 0.05) is 11.3 Å². The molecule has 1 heterocycles. The van der Waals surface area contributed by atoms with Crippen molar-refractivity contribution in [3.63, 3.8) is 0 Å². The summed E-state index contributed by atoms with van der Waals surface area (Å²) < 4.78 is 5.18. The van der Waals surface area contributed by atoms with Gasteiger partial charge in [-0.15, -0.1) is 11.8 Å². The molecule has 1 aromatic heterocycles. The zero-order valence-electron chi connectivity index (χ0n) is 9.65. The molecule has 0 atom stereocenters. The Hall–Kier alpha value is -1.86. The van der Waals surface area contributed by atoms with Crippen LogP contribution in [0.2, 0.25) is 0 Å². The van der Waals surface area contributed by atoms with Gasteiger partial charge in [0.15, 0.2) is 0 Å². The van der Waals surface area contributed by atoms with Crippen LogP contribution < -0.4 is 4.74 Å². The number of methoxy groups -OCH3 is 1. The fraction of sp³-hybridized carbons (Fsp3) is 0.154. The minimum atomic E-state index is 0.676. The number of H-pyrrole nitrogens is 1. The average molecular weight is 244 g/mol. The number of aromatic nitrogens is 1. The molecule has 0 aliphatic carbocycles. The molecule has 0 bridgehead atoms. The van der Waals surface area contributed by atoms with Crippen LogP contribution in [0.5, 0.6) is 5.75 Å². The Morgan fingerprint density at radius 3 is 2.76 bits per heavy atom. The van der Waals surface area contributed by atoms with Crippen molar-refractivity contribution in [2.45, 2.75) is 5.03 Å². The number of ether oxygens (including phenoxy) is 1. The molecule has 1 N–H and O–H groups in total. The Morgan fingerprint density at radius 2 is 2.18 bits per heavy atom. The van der Waals surface area contributed by atoms with Gasteiger partial charge in [-0.3, -0.25) is 0 Å². The highest BCUT2D eigenvalue weighted by molar-refractivity contribution is 7.98. The predicted octanol–water partition coefficient (Wildman–Crippen LogP) is 3.28. The topological polar surface area (TPSA) is 48.8 Å². The largest absolute Gasteiger partial charge is 0.497 e. The van der Waals surface area contributed by atoms with E-state index in [0.29, 0.717) is 5.56 Å². The van der Waals surface area contributed by atoms with Gasteiger partial charge in [-0.25, -0.2) is 0 Å². The van der Waals surface area contributed by atoms with E-state index in [0.717, 1.165) is 22.0 Å². The van der Waals surface area contributed by atoms with Crippen molar-refractivity contribution in [1.82, 2.24) is 4.98 Å². The second-order valence-electron chi connectivity index (χ2n) is 3.47. The molecule has 0 aliphatic rings. The molecule has 0 unspecified atom stereocenters. The number of nitrogens with zero attached hydrogens (tertiary/aromatic N) is 1. The Morgan fingerprint density at radius 1 is 1.35 bits per heavy atom. The molecule has 0 spiro atoms. The van der Waals surface area contributed by atoms with Crippen molar-refractivity contribution in [3.8, 4) is 23.1 Å². The summed E-state index contributed by atoms with van der Waals surface area (Å²) >= 11 is 1.54. The monoisotopic (exact) mass is 244 g/mol. The molecule has 1 aromatic carbocycles. The van der Waals surface area contributed by atoms with Gasteiger partial charge >= 0.3 is 0 Å². The van der Waals surface area contributed by atoms with Crippen molar-refractivity contribution in [2.24, 2.45) is 0 Å². The van der Waals surface area contributed by atoms with E-state index in [9.17, 15) is 0 Å². The number of hydrogen-bond donors (Lipinski definition) is 1. The highest BCUT2D eigenvalue weighted by Crippen LogP contribution is 2.28. The number of nitriles is 1. The van der Waals surface area contributed by atoms with Gasteiger partial charge in [-0.1, -0.05) is 12.1 Å². The molecular formula is C13H12N2OS. The Bertz CT molecular complexity index is 569. The summed E-state index contributed by atoms with van der Waals surface area (Å²) in [4.78, 5) is 3.23.